The monoisotopic (exact) mass is 381 g/mol. The maximum absolute atomic E-state index is 14.1. The molecule has 1 aromatic rings. The zero-order valence-corrected chi connectivity index (χ0v) is 16.2. The molecule has 0 unspecified atom stereocenters. The third-order valence-electron chi connectivity index (χ3n) is 5.24. The quantitative estimate of drug-likeness (QED) is 0.616. The van der Waals surface area contributed by atoms with Crippen molar-refractivity contribution in [3.63, 3.8) is 0 Å². The van der Waals surface area contributed by atoms with E-state index in [1.807, 2.05) is 19.1 Å². The normalized spacial score (nSPS) is 19.5. The highest BCUT2D eigenvalue weighted by molar-refractivity contribution is 7.89. The lowest BCUT2D eigenvalue weighted by molar-refractivity contribution is 0.175. The Morgan fingerprint density at radius 2 is 2.08 bits per heavy atom. The van der Waals surface area contributed by atoms with Gasteiger partial charge < -0.3 is 4.74 Å². The van der Waals surface area contributed by atoms with E-state index in [2.05, 4.69) is 4.72 Å². The Labute approximate surface area is 155 Å². The maximum atomic E-state index is 14.1. The minimum absolute atomic E-state index is 0.0669. The number of ether oxygens (including phenoxy) is 1. The first kappa shape index (κ1) is 19.4. The first-order valence-electron chi connectivity index (χ1n) is 9.53. The molecule has 0 radical (unpaired) electrons. The molecule has 2 saturated carbocycles. The summed E-state index contributed by atoms with van der Waals surface area (Å²) in [7, 11) is -3.38. The van der Waals surface area contributed by atoms with Crippen molar-refractivity contribution in [3.8, 4) is 5.75 Å². The Morgan fingerprint density at radius 1 is 1.31 bits per heavy atom. The second-order valence-electron chi connectivity index (χ2n) is 7.42. The molecule has 1 aromatic carbocycles. The van der Waals surface area contributed by atoms with Gasteiger partial charge in [-0.2, -0.15) is 0 Å². The average Bonchev–Trinajstić information content (AvgIpc) is 3.31. The molecule has 0 bridgehead atoms. The molecule has 1 N–H and O–H groups in total. The molecule has 0 aliphatic heterocycles. The third kappa shape index (κ3) is 4.86. The third-order valence-corrected chi connectivity index (χ3v) is 6.71. The van der Waals surface area contributed by atoms with E-state index in [1.165, 1.54) is 12.5 Å². The summed E-state index contributed by atoms with van der Waals surface area (Å²) in [6.45, 7) is 2.55. The minimum atomic E-state index is -3.38. The van der Waals surface area contributed by atoms with Crippen LogP contribution in [0.5, 0.6) is 5.75 Å². The molecule has 6 heteroatoms. The molecule has 4 nitrogen and oxygen atoms in total. The molecule has 0 aromatic heterocycles. The fourth-order valence-electron chi connectivity index (χ4n) is 3.21. The predicted octanol–water partition coefficient (Wildman–Crippen LogP) is 4.27. The van der Waals surface area contributed by atoms with E-state index in [-0.39, 0.29) is 11.5 Å². The molecular weight excluding hydrogens is 353 g/mol. The van der Waals surface area contributed by atoms with Crippen LogP contribution in [0.3, 0.4) is 0 Å². The molecule has 3 rings (SSSR count). The van der Waals surface area contributed by atoms with Crippen LogP contribution in [-0.2, 0) is 15.6 Å². The summed E-state index contributed by atoms with van der Waals surface area (Å²) in [4.78, 5) is 0. The van der Waals surface area contributed by atoms with E-state index < -0.39 is 21.4 Å². The fourth-order valence-corrected chi connectivity index (χ4v) is 4.68. The van der Waals surface area contributed by atoms with Crippen molar-refractivity contribution in [2.24, 2.45) is 5.92 Å². The van der Waals surface area contributed by atoms with Crippen molar-refractivity contribution < 1.29 is 17.5 Å². The summed E-state index contributed by atoms with van der Waals surface area (Å²) >= 11 is 0. The van der Waals surface area contributed by atoms with Gasteiger partial charge in [0.05, 0.1) is 17.9 Å². The number of hydrogen-bond donors (Lipinski definition) is 1. The average molecular weight is 382 g/mol. The molecule has 0 amide bonds. The number of hydrogen-bond acceptors (Lipinski definition) is 3. The molecule has 26 heavy (non-hydrogen) atoms. The highest BCUT2D eigenvalue weighted by Gasteiger charge is 2.47. The Hall–Kier alpha value is -1.40. The van der Waals surface area contributed by atoms with E-state index >= 15 is 0 Å². The van der Waals surface area contributed by atoms with Gasteiger partial charge in [-0.05, 0) is 62.1 Å². The first-order valence-corrected chi connectivity index (χ1v) is 11.2. The molecule has 0 atom stereocenters. The zero-order chi connectivity index (χ0) is 18.6. The van der Waals surface area contributed by atoms with Crippen LogP contribution < -0.4 is 9.46 Å². The minimum Gasteiger partial charge on any atom is -0.490 e. The van der Waals surface area contributed by atoms with Crippen molar-refractivity contribution in [1.29, 1.82) is 0 Å². The Balaban J connectivity index is 1.66. The van der Waals surface area contributed by atoms with Crippen LogP contribution in [0, 0.1) is 11.7 Å². The predicted molar refractivity (Wildman–Crippen MR) is 101 cm³/mol. The fraction of sp³-hybridized carbons (Fsp3) is 0.600. The van der Waals surface area contributed by atoms with Gasteiger partial charge in [-0.25, -0.2) is 17.5 Å². The summed E-state index contributed by atoms with van der Waals surface area (Å²) in [6, 6.07) is 4.71. The van der Waals surface area contributed by atoms with Gasteiger partial charge in [-0.3, -0.25) is 0 Å². The summed E-state index contributed by atoms with van der Waals surface area (Å²) in [6.07, 6.45) is 10.2. The van der Waals surface area contributed by atoms with Gasteiger partial charge >= 0.3 is 0 Å². The second kappa shape index (κ2) is 8.09. The molecule has 2 fully saturated rings. The summed E-state index contributed by atoms with van der Waals surface area (Å²) < 4.78 is 47.3. The molecule has 2 aliphatic rings. The lowest BCUT2D eigenvalue weighted by atomic mass is 9.86. The number of nitrogens with one attached hydrogen (secondary N) is 1. The van der Waals surface area contributed by atoms with Crippen molar-refractivity contribution >= 4 is 10.0 Å². The maximum Gasteiger partial charge on any atom is 0.212 e. The lowest BCUT2D eigenvalue weighted by Crippen LogP contribution is -2.36. The largest absolute Gasteiger partial charge is 0.490 e. The SMILES string of the molecule is CC/C=C/CCS(=O)(=O)NC1(c2ccc(F)c(OCC3CCC3)c2)CC1. The van der Waals surface area contributed by atoms with Crippen LogP contribution in [0.15, 0.2) is 30.4 Å². The van der Waals surface area contributed by atoms with Crippen molar-refractivity contribution in [2.45, 2.75) is 57.4 Å². The number of sulfonamides is 1. The van der Waals surface area contributed by atoms with E-state index in [1.54, 1.807) is 12.1 Å². The zero-order valence-electron chi connectivity index (χ0n) is 15.3. The van der Waals surface area contributed by atoms with Gasteiger partial charge in [0.1, 0.15) is 0 Å². The van der Waals surface area contributed by atoms with E-state index in [0.29, 0.717) is 18.9 Å². The molecule has 2 aliphatic carbocycles. The van der Waals surface area contributed by atoms with Gasteiger partial charge in [-0.15, -0.1) is 0 Å². The van der Waals surface area contributed by atoms with E-state index in [9.17, 15) is 12.8 Å². The molecule has 0 spiro atoms. The Kier molecular flexibility index (Phi) is 6.03. The Bertz CT molecular complexity index is 752. The van der Waals surface area contributed by atoms with Gasteiger partial charge in [0.15, 0.2) is 11.6 Å². The van der Waals surface area contributed by atoms with E-state index in [4.69, 9.17) is 4.74 Å². The van der Waals surface area contributed by atoms with Crippen LogP contribution in [-0.4, -0.2) is 20.8 Å². The Morgan fingerprint density at radius 3 is 2.69 bits per heavy atom. The van der Waals surface area contributed by atoms with Crippen LogP contribution in [0.4, 0.5) is 4.39 Å². The van der Waals surface area contributed by atoms with Gasteiger partial charge in [0.25, 0.3) is 0 Å². The first-order chi connectivity index (χ1) is 12.4. The smallest absolute Gasteiger partial charge is 0.212 e. The van der Waals surface area contributed by atoms with Crippen LogP contribution in [0.2, 0.25) is 0 Å². The van der Waals surface area contributed by atoms with Crippen molar-refractivity contribution in [1.82, 2.24) is 4.72 Å². The second-order valence-corrected chi connectivity index (χ2v) is 9.27. The van der Waals surface area contributed by atoms with Gasteiger partial charge in [0.2, 0.25) is 10.0 Å². The number of benzene rings is 1. The topological polar surface area (TPSA) is 55.4 Å². The standard InChI is InChI=1S/C20H28FNO3S/c1-2-3-4-5-13-26(23,24)22-20(11-12-20)17-9-10-18(21)19(14-17)25-15-16-7-6-8-16/h3-4,9-10,14,16,22H,2,5-8,11-13,15H2,1H3/b4-3+. The van der Waals surface area contributed by atoms with Crippen LogP contribution in [0.25, 0.3) is 0 Å². The number of halogens is 1. The lowest BCUT2D eigenvalue weighted by Gasteiger charge is -2.25. The molecular formula is C20H28FNO3S. The highest BCUT2D eigenvalue weighted by Crippen LogP contribution is 2.47. The van der Waals surface area contributed by atoms with Crippen LogP contribution >= 0.6 is 0 Å². The molecule has 0 heterocycles. The van der Waals surface area contributed by atoms with Gasteiger partial charge in [-0.1, -0.05) is 31.6 Å². The molecule has 144 valence electrons. The van der Waals surface area contributed by atoms with Crippen molar-refractivity contribution in [3.05, 3.63) is 41.7 Å². The molecule has 0 saturated heterocycles. The summed E-state index contributed by atoms with van der Waals surface area (Å²) in [5, 5.41) is 0. The number of rotatable bonds is 10. The van der Waals surface area contributed by atoms with Gasteiger partial charge in [0, 0.05) is 0 Å². The summed E-state index contributed by atoms with van der Waals surface area (Å²) in [5.41, 5.74) is 0.186. The number of allylic oxidation sites excluding steroid dienone is 2. The summed E-state index contributed by atoms with van der Waals surface area (Å²) in [5.74, 6) is 0.419. The van der Waals surface area contributed by atoms with E-state index in [0.717, 1.165) is 37.7 Å². The highest BCUT2D eigenvalue weighted by atomic mass is 32.2. The van der Waals surface area contributed by atoms with Crippen LogP contribution in [0.1, 0.15) is 57.4 Å². The van der Waals surface area contributed by atoms with Crippen molar-refractivity contribution in [2.75, 3.05) is 12.4 Å².